The second-order valence-corrected chi connectivity index (χ2v) is 9.44. The Hall–Kier alpha value is -4.06. The number of fused-ring (bicyclic) bond motifs is 1. The minimum absolute atomic E-state index is 0.0256. The van der Waals surface area contributed by atoms with Crippen molar-refractivity contribution in [3.63, 3.8) is 0 Å². The number of nitrogens with zero attached hydrogens (tertiary/aromatic N) is 2. The first-order valence-corrected chi connectivity index (χ1v) is 12.6. The molecule has 1 unspecified atom stereocenters. The van der Waals surface area contributed by atoms with Crippen molar-refractivity contribution in [2.75, 3.05) is 32.7 Å². The number of aromatic nitrogens is 1. The van der Waals surface area contributed by atoms with Crippen molar-refractivity contribution in [3.8, 4) is 0 Å². The Labute approximate surface area is 211 Å². The molecule has 6 heteroatoms. The normalized spacial score (nSPS) is 14.9. The van der Waals surface area contributed by atoms with E-state index in [1.54, 1.807) is 0 Å². The van der Waals surface area contributed by atoms with Gasteiger partial charge in [0, 0.05) is 61.3 Å². The van der Waals surface area contributed by atoms with E-state index in [9.17, 15) is 9.59 Å². The Kier molecular flexibility index (Phi) is 7.03. The average molecular weight is 481 g/mol. The van der Waals surface area contributed by atoms with E-state index >= 15 is 0 Å². The minimum atomic E-state index is -0.0828. The smallest absolute Gasteiger partial charge is 0.317 e. The van der Waals surface area contributed by atoms with E-state index in [-0.39, 0.29) is 17.9 Å². The molecule has 0 bridgehead atoms. The fraction of sp³-hybridized carbons (Fsp3) is 0.267. The van der Waals surface area contributed by atoms with E-state index in [0.29, 0.717) is 38.3 Å². The molecule has 1 saturated heterocycles. The van der Waals surface area contributed by atoms with Crippen LogP contribution in [0.25, 0.3) is 10.9 Å². The number of carbonyl (C=O) groups is 2. The van der Waals surface area contributed by atoms with Crippen LogP contribution in [-0.4, -0.2) is 59.4 Å². The summed E-state index contributed by atoms with van der Waals surface area (Å²) in [6.45, 7) is 4.82. The van der Waals surface area contributed by atoms with Crippen LogP contribution in [0.4, 0.5) is 4.79 Å². The summed E-state index contributed by atoms with van der Waals surface area (Å²) in [5, 5.41) is 4.35. The van der Waals surface area contributed by atoms with Gasteiger partial charge in [-0.2, -0.15) is 0 Å². The molecule has 1 aromatic heterocycles. The van der Waals surface area contributed by atoms with Gasteiger partial charge in [0.05, 0.1) is 0 Å². The second-order valence-electron chi connectivity index (χ2n) is 9.44. The lowest BCUT2D eigenvalue weighted by molar-refractivity contribution is 0.0762. The maximum Gasteiger partial charge on any atom is 0.317 e. The Morgan fingerprint density at radius 2 is 1.64 bits per heavy atom. The van der Waals surface area contributed by atoms with Crippen LogP contribution >= 0.6 is 0 Å². The molecule has 2 heterocycles. The van der Waals surface area contributed by atoms with E-state index in [4.69, 9.17) is 0 Å². The second kappa shape index (κ2) is 10.7. The van der Waals surface area contributed by atoms with Crippen LogP contribution in [0.3, 0.4) is 0 Å². The SMILES string of the molecule is Cc1cccc(C(=O)N2CCCN(C(=O)NCC(c3ccccc3)c3c[nH]c4ccccc34)CC2)c1. The molecular weight excluding hydrogens is 448 g/mol. The summed E-state index contributed by atoms with van der Waals surface area (Å²) in [6.07, 6.45) is 2.81. The van der Waals surface area contributed by atoms with Crippen LogP contribution in [0, 0.1) is 6.92 Å². The van der Waals surface area contributed by atoms with Gasteiger partial charge in [-0.1, -0.05) is 66.2 Å². The zero-order valence-corrected chi connectivity index (χ0v) is 20.6. The highest BCUT2D eigenvalue weighted by molar-refractivity contribution is 5.94. The maximum absolute atomic E-state index is 13.2. The van der Waals surface area contributed by atoms with Crippen LogP contribution < -0.4 is 5.32 Å². The van der Waals surface area contributed by atoms with Gasteiger partial charge in [-0.25, -0.2) is 4.79 Å². The number of nitrogens with one attached hydrogen (secondary N) is 2. The van der Waals surface area contributed by atoms with E-state index in [2.05, 4.69) is 40.8 Å². The topological polar surface area (TPSA) is 68.4 Å². The number of aromatic amines is 1. The third kappa shape index (κ3) is 5.13. The standard InChI is InChI=1S/C30H32N4O2/c1-22-9-7-12-24(19-22)29(35)33-15-8-16-34(18-17-33)30(36)32-20-26(23-10-3-2-4-11-23)27-21-31-28-14-6-5-13-25(27)28/h2-7,9-14,19,21,26,31H,8,15-18,20H2,1H3,(H,32,36). The first kappa shape index (κ1) is 23.7. The third-order valence-corrected chi connectivity index (χ3v) is 6.99. The number of benzene rings is 3. The van der Waals surface area contributed by atoms with E-state index < -0.39 is 0 Å². The van der Waals surface area contributed by atoms with Gasteiger partial charge in [0.15, 0.2) is 0 Å². The number of H-pyrrole nitrogens is 1. The molecule has 0 spiro atoms. The van der Waals surface area contributed by atoms with Gasteiger partial charge in [0.2, 0.25) is 0 Å². The number of hydrogen-bond donors (Lipinski definition) is 2. The van der Waals surface area contributed by atoms with E-state index in [1.165, 1.54) is 10.9 Å². The van der Waals surface area contributed by atoms with Crippen LogP contribution in [0.15, 0.2) is 85.1 Å². The van der Waals surface area contributed by atoms with Crippen LogP contribution in [-0.2, 0) is 0 Å². The fourth-order valence-corrected chi connectivity index (χ4v) is 5.06. The van der Waals surface area contributed by atoms with E-state index in [0.717, 1.165) is 23.1 Å². The van der Waals surface area contributed by atoms with Gasteiger partial charge in [-0.05, 0) is 42.7 Å². The first-order chi connectivity index (χ1) is 17.6. The number of hydrogen-bond acceptors (Lipinski definition) is 2. The lowest BCUT2D eigenvalue weighted by Gasteiger charge is -2.24. The fourth-order valence-electron chi connectivity index (χ4n) is 5.06. The molecule has 36 heavy (non-hydrogen) atoms. The molecule has 1 aliphatic rings. The van der Waals surface area contributed by atoms with Crippen molar-refractivity contribution in [2.45, 2.75) is 19.3 Å². The summed E-state index contributed by atoms with van der Waals surface area (Å²) >= 11 is 0. The Morgan fingerprint density at radius 3 is 2.47 bits per heavy atom. The maximum atomic E-state index is 13.2. The highest BCUT2D eigenvalue weighted by Gasteiger charge is 2.24. The molecule has 1 fully saturated rings. The minimum Gasteiger partial charge on any atom is -0.361 e. The molecule has 184 valence electrons. The molecule has 6 nitrogen and oxygen atoms in total. The number of aryl methyl sites for hydroxylation is 1. The van der Waals surface area contributed by atoms with Crippen molar-refractivity contribution in [1.29, 1.82) is 0 Å². The molecular formula is C30H32N4O2. The molecule has 3 aromatic carbocycles. The summed E-state index contributed by atoms with van der Waals surface area (Å²) in [6, 6.07) is 26.2. The molecule has 0 saturated carbocycles. The predicted molar refractivity (Wildman–Crippen MR) is 143 cm³/mol. The quantitative estimate of drug-likeness (QED) is 0.414. The number of carbonyl (C=O) groups excluding carboxylic acids is 2. The number of amides is 3. The largest absolute Gasteiger partial charge is 0.361 e. The monoisotopic (exact) mass is 480 g/mol. The first-order valence-electron chi connectivity index (χ1n) is 12.6. The molecule has 0 aliphatic carbocycles. The van der Waals surface area contributed by atoms with Gasteiger partial charge in [-0.3, -0.25) is 4.79 Å². The number of para-hydroxylation sites is 1. The third-order valence-electron chi connectivity index (χ3n) is 6.99. The lowest BCUT2D eigenvalue weighted by Crippen LogP contribution is -2.43. The van der Waals surface area contributed by atoms with Crippen LogP contribution in [0.2, 0.25) is 0 Å². The molecule has 0 radical (unpaired) electrons. The molecule has 5 rings (SSSR count). The highest BCUT2D eigenvalue weighted by atomic mass is 16.2. The Morgan fingerprint density at radius 1 is 0.889 bits per heavy atom. The van der Waals surface area contributed by atoms with Crippen LogP contribution in [0.1, 0.15) is 39.4 Å². The van der Waals surface area contributed by atoms with Gasteiger partial charge >= 0.3 is 6.03 Å². The Balaban J connectivity index is 1.26. The zero-order chi connectivity index (χ0) is 24.9. The molecule has 1 aliphatic heterocycles. The number of rotatable bonds is 5. The average Bonchev–Trinajstić information content (AvgIpc) is 3.17. The summed E-state index contributed by atoms with van der Waals surface area (Å²) in [7, 11) is 0. The summed E-state index contributed by atoms with van der Waals surface area (Å²) in [4.78, 5) is 33.3. The van der Waals surface area contributed by atoms with Gasteiger partial charge in [0.25, 0.3) is 5.91 Å². The predicted octanol–water partition coefficient (Wildman–Crippen LogP) is 5.17. The zero-order valence-electron chi connectivity index (χ0n) is 20.6. The van der Waals surface area contributed by atoms with Crippen molar-refractivity contribution in [2.24, 2.45) is 0 Å². The molecule has 3 amide bonds. The highest BCUT2D eigenvalue weighted by Crippen LogP contribution is 2.30. The summed E-state index contributed by atoms with van der Waals surface area (Å²) in [5.41, 5.74) is 5.19. The Bertz CT molecular complexity index is 1350. The van der Waals surface area contributed by atoms with Crippen molar-refractivity contribution < 1.29 is 9.59 Å². The van der Waals surface area contributed by atoms with Crippen molar-refractivity contribution in [3.05, 3.63) is 107 Å². The number of urea groups is 1. The van der Waals surface area contributed by atoms with Gasteiger partial charge in [0.1, 0.15) is 0 Å². The van der Waals surface area contributed by atoms with Crippen molar-refractivity contribution >= 4 is 22.8 Å². The summed E-state index contributed by atoms with van der Waals surface area (Å²) < 4.78 is 0. The molecule has 1 atom stereocenters. The van der Waals surface area contributed by atoms with Crippen LogP contribution in [0.5, 0.6) is 0 Å². The van der Waals surface area contributed by atoms with E-state index in [1.807, 2.05) is 71.3 Å². The van der Waals surface area contributed by atoms with Gasteiger partial charge in [-0.15, -0.1) is 0 Å². The summed E-state index contributed by atoms with van der Waals surface area (Å²) in [5.74, 6) is 0.0575. The molecule has 2 N–H and O–H groups in total. The lowest BCUT2D eigenvalue weighted by atomic mass is 9.91. The van der Waals surface area contributed by atoms with Gasteiger partial charge < -0.3 is 20.1 Å². The molecule has 4 aromatic rings. The van der Waals surface area contributed by atoms with Crippen molar-refractivity contribution in [1.82, 2.24) is 20.1 Å².